The van der Waals surface area contributed by atoms with Gasteiger partial charge in [-0.15, -0.1) is 0 Å². The minimum atomic E-state index is -0.972. The summed E-state index contributed by atoms with van der Waals surface area (Å²) < 4.78 is 17.7. The van der Waals surface area contributed by atoms with Gasteiger partial charge in [-0.05, 0) is 69.5 Å². The van der Waals surface area contributed by atoms with Crippen molar-refractivity contribution < 1.29 is 24.1 Å². The van der Waals surface area contributed by atoms with Crippen LogP contribution >= 0.6 is 0 Å². The first-order valence-electron chi connectivity index (χ1n) is 14.6. The minimum Gasteiger partial charge on any atom is -0.491 e. The van der Waals surface area contributed by atoms with Crippen molar-refractivity contribution in [1.82, 2.24) is 0 Å². The molecule has 0 saturated heterocycles. The Morgan fingerprint density at radius 3 is 2.26 bits per heavy atom. The van der Waals surface area contributed by atoms with Crippen LogP contribution in [0, 0.1) is 0 Å². The molecule has 42 heavy (non-hydrogen) atoms. The van der Waals surface area contributed by atoms with Gasteiger partial charge in [0.05, 0.1) is 6.61 Å². The second-order valence-electron chi connectivity index (χ2n) is 10.7. The van der Waals surface area contributed by atoms with Crippen LogP contribution in [0.3, 0.4) is 0 Å². The summed E-state index contributed by atoms with van der Waals surface area (Å²) in [7, 11) is 1.41. The first-order valence-corrected chi connectivity index (χ1v) is 14.6. The van der Waals surface area contributed by atoms with E-state index in [4.69, 9.17) is 14.2 Å². The molecule has 0 fully saturated rings. The van der Waals surface area contributed by atoms with Gasteiger partial charge >= 0.3 is 5.97 Å². The monoisotopic (exact) mass is 562 g/mol. The number of fused-ring (bicyclic) bond motifs is 2. The molecule has 1 aliphatic rings. The van der Waals surface area contributed by atoms with Crippen molar-refractivity contribution in [2.24, 2.45) is 0 Å². The number of carboxylic acids is 1. The number of carboxylic acid groups (broad SMARTS) is 1. The molecule has 0 saturated carbocycles. The van der Waals surface area contributed by atoms with Crippen molar-refractivity contribution >= 4 is 18.1 Å². The summed E-state index contributed by atoms with van der Waals surface area (Å²) in [5.41, 5.74) is 9.43. The van der Waals surface area contributed by atoms with Crippen LogP contribution in [-0.4, -0.2) is 37.5 Å². The molecule has 216 valence electrons. The highest BCUT2D eigenvalue weighted by Crippen LogP contribution is 2.37. The van der Waals surface area contributed by atoms with Crippen LogP contribution in [-0.2, 0) is 33.5 Å². The zero-order valence-corrected chi connectivity index (χ0v) is 24.3. The highest BCUT2D eigenvalue weighted by atomic mass is 16.5. The third-order valence-corrected chi connectivity index (χ3v) is 7.64. The number of hydrogen-bond acceptors (Lipinski definition) is 4. The van der Waals surface area contributed by atoms with Gasteiger partial charge in [0.2, 0.25) is 0 Å². The number of rotatable bonds is 13. The Morgan fingerprint density at radius 1 is 0.786 bits per heavy atom. The molecule has 2 atom stereocenters. The van der Waals surface area contributed by atoms with Gasteiger partial charge in [-0.1, -0.05) is 104 Å². The quantitative estimate of drug-likeness (QED) is 0.171. The van der Waals surface area contributed by atoms with E-state index >= 15 is 0 Å². The van der Waals surface area contributed by atoms with E-state index in [9.17, 15) is 9.90 Å². The van der Waals surface area contributed by atoms with E-state index in [2.05, 4.69) is 79.7 Å². The Balaban J connectivity index is 1.32. The predicted octanol–water partition coefficient (Wildman–Crippen LogP) is 7.54. The van der Waals surface area contributed by atoms with E-state index < -0.39 is 12.1 Å². The van der Waals surface area contributed by atoms with Crippen LogP contribution in [0.5, 0.6) is 5.75 Å². The number of benzene rings is 4. The largest absolute Gasteiger partial charge is 0.491 e. The van der Waals surface area contributed by atoms with E-state index in [1.165, 1.54) is 29.4 Å². The van der Waals surface area contributed by atoms with Crippen LogP contribution in [0.2, 0.25) is 0 Å². The molecule has 5 heteroatoms. The van der Waals surface area contributed by atoms with E-state index in [0.717, 1.165) is 41.5 Å². The highest BCUT2D eigenvalue weighted by molar-refractivity contribution is 5.76. The van der Waals surface area contributed by atoms with Gasteiger partial charge in [0.15, 0.2) is 6.10 Å². The van der Waals surface area contributed by atoms with Crippen molar-refractivity contribution in [3.05, 3.63) is 136 Å². The fraction of sp³-hybridized carbons (Fsp3) is 0.270. The molecule has 5 rings (SSSR count). The molecule has 0 bridgehead atoms. The van der Waals surface area contributed by atoms with E-state index in [1.807, 2.05) is 30.3 Å². The number of hydrogen-bond donors (Lipinski definition) is 1. The van der Waals surface area contributed by atoms with Crippen molar-refractivity contribution in [2.75, 3.05) is 20.3 Å². The Morgan fingerprint density at radius 2 is 1.52 bits per heavy atom. The van der Waals surface area contributed by atoms with Crippen molar-refractivity contribution in [3.63, 3.8) is 0 Å². The molecule has 2 unspecified atom stereocenters. The Kier molecular flexibility index (Phi) is 9.86. The molecule has 4 aromatic rings. The zero-order chi connectivity index (χ0) is 29.3. The summed E-state index contributed by atoms with van der Waals surface area (Å²) in [5, 5.41) is 9.23. The van der Waals surface area contributed by atoms with Gasteiger partial charge in [0.1, 0.15) is 18.5 Å². The summed E-state index contributed by atoms with van der Waals surface area (Å²) in [6, 6.07) is 31.4. The first kappa shape index (κ1) is 29.3. The molecule has 0 heterocycles. The van der Waals surface area contributed by atoms with E-state index in [0.29, 0.717) is 25.4 Å². The molecular formula is C37H38O5. The summed E-state index contributed by atoms with van der Waals surface area (Å²) >= 11 is 0. The van der Waals surface area contributed by atoms with Crippen molar-refractivity contribution in [3.8, 4) is 5.75 Å². The maximum atomic E-state index is 11.3. The lowest BCUT2D eigenvalue weighted by molar-refractivity contribution is -0.148. The molecule has 4 aromatic carbocycles. The molecule has 5 nitrogen and oxygen atoms in total. The maximum Gasteiger partial charge on any atom is 0.333 e. The lowest BCUT2D eigenvalue weighted by Gasteiger charge is -2.22. The molecule has 1 aliphatic carbocycles. The number of carbonyl (C=O) groups is 1. The van der Waals surface area contributed by atoms with Gasteiger partial charge in [0, 0.05) is 13.5 Å². The third kappa shape index (κ3) is 7.35. The van der Waals surface area contributed by atoms with Crippen LogP contribution in [0.15, 0.2) is 91.0 Å². The van der Waals surface area contributed by atoms with Gasteiger partial charge < -0.3 is 19.3 Å². The number of methoxy groups -OCH3 is 1. The average molecular weight is 563 g/mol. The van der Waals surface area contributed by atoms with Crippen LogP contribution < -0.4 is 4.74 Å². The Bertz CT molecular complexity index is 1510. The summed E-state index contributed by atoms with van der Waals surface area (Å²) in [5.74, 6) is -0.259. The van der Waals surface area contributed by atoms with Gasteiger partial charge in [-0.2, -0.15) is 0 Å². The fourth-order valence-electron chi connectivity index (χ4n) is 5.46. The van der Waals surface area contributed by atoms with E-state index in [1.54, 1.807) is 0 Å². The predicted molar refractivity (Wildman–Crippen MR) is 167 cm³/mol. The van der Waals surface area contributed by atoms with Crippen LogP contribution in [0.25, 0.3) is 12.2 Å². The zero-order valence-electron chi connectivity index (χ0n) is 24.3. The molecule has 0 spiro atoms. The first-order chi connectivity index (χ1) is 20.5. The molecular weight excluding hydrogens is 524 g/mol. The van der Waals surface area contributed by atoms with Crippen LogP contribution in [0.4, 0.5) is 0 Å². The lowest BCUT2D eigenvalue weighted by Crippen LogP contribution is -2.24. The molecule has 1 N–H and O–H groups in total. The number of aliphatic carboxylic acids is 1. The van der Waals surface area contributed by atoms with Gasteiger partial charge in [-0.3, -0.25) is 0 Å². The lowest BCUT2D eigenvalue weighted by atomic mass is 9.92. The average Bonchev–Trinajstić information content (AvgIpc) is 3.15. The smallest absolute Gasteiger partial charge is 0.333 e. The molecule has 0 amide bonds. The SMILES string of the molecule is CCCc1ccc2c(c1)C=Cc1ccc(Cc3ccccc3)cc1C2OCCOc1ccc(CC(OC)C(=O)O)cc1. The summed E-state index contributed by atoms with van der Waals surface area (Å²) in [6.07, 6.45) is 6.66. The van der Waals surface area contributed by atoms with Crippen molar-refractivity contribution in [2.45, 2.75) is 44.8 Å². The second kappa shape index (κ2) is 14.1. The second-order valence-corrected chi connectivity index (χ2v) is 10.7. The van der Waals surface area contributed by atoms with Crippen molar-refractivity contribution in [1.29, 1.82) is 0 Å². The molecule has 0 radical (unpaired) electrons. The fourth-order valence-corrected chi connectivity index (χ4v) is 5.46. The van der Waals surface area contributed by atoms with Gasteiger partial charge in [-0.25, -0.2) is 4.79 Å². The Hall–Kier alpha value is -4.19. The number of ether oxygens (including phenoxy) is 3. The molecule has 0 aromatic heterocycles. The Labute approximate surface area is 248 Å². The molecule has 0 aliphatic heterocycles. The standard InChI is InChI=1S/C37H38O5/c1-3-7-26-13-19-33-31(23-26)16-15-30-14-10-29(22-27-8-5-4-6-9-27)24-34(30)36(33)42-21-20-41-32-17-11-28(12-18-32)25-35(40-2)37(38)39/h4-6,8-19,23-24,35-36H,3,7,20-22,25H2,1-2H3,(H,38,39). The van der Waals surface area contributed by atoms with Crippen LogP contribution in [0.1, 0.15) is 64.0 Å². The van der Waals surface area contributed by atoms with E-state index in [-0.39, 0.29) is 6.10 Å². The summed E-state index contributed by atoms with van der Waals surface area (Å²) in [6.45, 7) is 3.01. The highest BCUT2D eigenvalue weighted by Gasteiger charge is 2.23. The summed E-state index contributed by atoms with van der Waals surface area (Å²) in [4.78, 5) is 11.3. The normalized spacial score (nSPS) is 14.5. The third-order valence-electron chi connectivity index (χ3n) is 7.64. The number of aryl methyl sites for hydroxylation is 1. The minimum absolute atomic E-state index is 0.218. The topological polar surface area (TPSA) is 65.0 Å². The van der Waals surface area contributed by atoms with Gasteiger partial charge in [0.25, 0.3) is 0 Å². The maximum absolute atomic E-state index is 11.3.